The minimum atomic E-state index is -3.38. The molecule has 0 spiro atoms. The number of rotatable bonds is 4. The molecule has 0 unspecified atom stereocenters. The van der Waals surface area contributed by atoms with Crippen molar-refractivity contribution in [1.29, 1.82) is 0 Å². The predicted molar refractivity (Wildman–Crippen MR) is 104 cm³/mol. The number of hydrogen-bond acceptors (Lipinski definition) is 9. The molecule has 0 aliphatic carbocycles. The largest absolute Gasteiger partial charge is 0.465 e. The molecule has 0 fully saturated rings. The average molecular weight is 421 g/mol. The van der Waals surface area contributed by atoms with Gasteiger partial charge in [0, 0.05) is 9.75 Å². The maximum absolute atomic E-state index is 11.3. The molecule has 11 heteroatoms. The van der Waals surface area contributed by atoms with E-state index < -0.39 is 16.0 Å². The zero-order valence-electron chi connectivity index (χ0n) is 14.9. The van der Waals surface area contributed by atoms with Gasteiger partial charge in [-0.15, -0.1) is 22.7 Å². The number of sulfonamides is 1. The molecule has 2 heterocycles. The van der Waals surface area contributed by atoms with Crippen LogP contribution in [0.15, 0.2) is 12.1 Å². The summed E-state index contributed by atoms with van der Waals surface area (Å²) in [6, 6.07) is 3.36. The maximum Gasteiger partial charge on any atom is 0.350 e. The molecule has 0 aliphatic heterocycles. The third kappa shape index (κ3) is 6.32. The number of ether oxygens (including phenoxy) is 2. The van der Waals surface area contributed by atoms with Gasteiger partial charge in [-0.25, -0.2) is 18.0 Å². The van der Waals surface area contributed by atoms with Gasteiger partial charge in [0.2, 0.25) is 10.0 Å². The van der Waals surface area contributed by atoms with Crippen LogP contribution in [0.25, 0.3) is 0 Å². The van der Waals surface area contributed by atoms with Crippen LogP contribution in [0.2, 0.25) is 0 Å². The van der Waals surface area contributed by atoms with Crippen molar-refractivity contribution in [3.63, 3.8) is 0 Å². The predicted octanol–water partition coefficient (Wildman–Crippen LogP) is 2.64. The number of nitrogen functional groups attached to an aromatic ring is 1. The van der Waals surface area contributed by atoms with Crippen molar-refractivity contribution < 1.29 is 27.5 Å². The Morgan fingerprint density at radius 2 is 1.46 bits per heavy atom. The normalized spacial score (nSPS) is 10.5. The van der Waals surface area contributed by atoms with Crippen molar-refractivity contribution in [2.24, 2.45) is 0 Å². The zero-order chi connectivity index (χ0) is 20.1. The fourth-order valence-electron chi connectivity index (χ4n) is 1.82. The van der Waals surface area contributed by atoms with Crippen LogP contribution in [0.5, 0.6) is 0 Å². The minimum absolute atomic E-state index is 0.264. The highest BCUT2D eigenvalue weighted by atomic mass is 32.2. The summed E-state index contributed by atoms with van der Waals surface area (Å²) in [5.41, 5.74) is 6.30. The van der Waals surface area contributed by atoms with Gasteiger partial charge >= 0.3 is 11.9 Å². The second kappa shape index (κ2) is 9.01. The fourth-order valence-corrected chi connectivity index (χ4v) is 4.18. The van der Waals surface area contributed by atoms with Gasteiger partial charge < -0.3 is 15.2 Å². The van der Waals surface area contributed by atoms with Gasteiger partial charge in [0.15, 0.2) is 0 Å². The number of hydrogen-bond donors (Lipinski definition) is 2. The number of carbonyl (C=O) groups is 2. The highest BCUT2D eigenvalue weighted by Crippen LogP contribution is 2.28. The van der Waals surface area contributed by atoms with E-state index in [-0.39, 0.29) is 16.5 Å². The molecule has 0 atom stereocenters. The summed E-state index contributed by atoms with van der Waals surface area (Å²) >= 11 is 2.53. The van der Waals surface area contributed by atoms with Crippen LogP contribution in [0.3, 0.4) is 0 Å². The number of nitrogens with two attached hydrogens (primary N) is 1. The molecule has 0 amide bonds. The standard InChI is InChI=1S/C8H11NO4S2.C7H9NO2S/c1-5-4-6(9-15(3,11)12)7(14-5)8(10)13-2;1-4-3-5(8)6(11-4)7(9)10-2/h4,9H,1-3H3;3H,8H2,1-2H3. The molecule has 8 nitrogen and oxygen atoms in total. The number of thiophene rings is 2. The van der Waals surface area contributed by atoms with Gasteiger partial charge in [0.25, 0.3) is 0 Å². The maximum atomic E-state index is 11.3. The summed E-state index contributed by atoms with van der Waals surface area (Å²) in [4.78, 5) is 24.8. The van der Waals surface area contributed by atoms with E-state index in [0.717, 1.165) is 16.0 Å². The molecule has 3 N–H and O–H groups in total. The van der Waals surface area contributed by atoms with Gasteiger partial charge in [-0.1, -0.05) is 0 Å². The molecule has 0 aromatic carbocycles. The van der Waals surface area contributed by atoms with E-state index in [0.29, 0.717) is 10.6 Å². The van der Waals surface area contributed by atoms with E-state index >= 15 is 0 Å². The smallest absolute Gasteiger partial charge is 0.350 e. The van der Waals surface area contributed by atoms with Crippen LogP contribution in [-0.4, -0.2) is 40.8 Å². The highest BCUT2D eigenvalue weighted by molar-refractivity contribution is 7.92. The van der Waals surface area contributed by atoms with Crippen molar-refractivity contribution >= 4 is 56.0 Å². The van der Waals surface area contributed by atoms with E-state index in [1.807, 2.05) is 6.92 Å². The first-order chi connectivity index (χ1) is 12.0. The third-order valence-electron chi connectivity index (χ3n) is 2.78. The number of methoxy groups -OCH3 is 2. The molecule has 2 aromatic heterocycles. The van der Waals surface area contributed by atoms with E-state index in [1.165, 1.54) is 36.9 Å². The first-order valence-electron chi connectivity index (χ1n) is 7.09. The molecule has 0 saturated heterocycles. The Balaban J connectivity index is 0.000000273. The minimum Gasteiger partial charge on any atom is -0.465 e. The number of nitrogens with one attached hydrogen (secondary N) is 1. The lowest BCUT2D eigenvalue weighted by Gasteiger charge is -2.03. The Labute approximate surface area is 160 Å². The molecule has 144 valence electrons. The Morgan fingerprint density at radius 1 is 1.00 bits per heavy atom. The van der Waals surface area contributed by atoms with Crippen molar-refractivity contribution in [1.82, 2.24) is 0 Å². The molecule has 2 aromatic rings. The number of esters is 2. The first kappa shape index (κ1) is 21.9. The second-order valence-corrected chi connectivity index (χ2v) is 9.36. The molecular weight excluding hydrogens is 400 g/mol. The number of aryl methyl sites for hydroxylation is 2. The molecule has 26 heavy (non-hydrogen) atoms. The lowest BCUT2D eigenvalue weighted by atomic mass is 10.4. The van der Waals surface area contributed by atoms with Gasteiger partial charge in [-0.2, -0.15) is 0 Å². The number of carbonyl (C=O) groups excluding carboxylic acids is 2. The van der Waals surface area contributed by atoms with Crippen LogP contribution < -0.4 is 10.5 Å². The van der Waals surface area contributed by atoms with Crippen LogP contribution in [0, 0.1) is 13.8 Å². The van der Waals surface area contributed by atoms with E-state index in [9.17, 15) is 18.0 Å². The Hall–Kier alpha value is -2.11. The summed E-state index contributed by atoms with van der Waals surface area (Å²) in [5, 5.41) is 0. The Morgan fingerprint density at radius 3 is 1.88 bits per heavy atom. The van der Waals surface area contributed by atoms with Crippen molar-refractivity contribution in [2.75, 3.05) is 30.9 Å². The Bertz CT molecular complexity index is 899. The van der Waals surface area contributed by atoms with Gasteiger partial charge in [-0.05, 0) is 26.0 Å². The summed E-state index contributed by atoms with van der Waals surface area (Å²) in [7, 11) is -0.784. The lowest BCUT2D eigenvalue weighted by Crippen LogP contribution is -2.12. The summed E-state index contributed by atoms with van der Waals surface area (Å²) in [6.45, 7) is 3.68. The van der Waals surface area contributed by atoms with Crippen LogP contribution in [0.1, 0.15) is 29.1 Å². The average Bonchev–Trinajstić information content (AvgIpc) is 3.06. The van der Waals surface area contributed by atoms with Crippen LogP contribution in [0.4, 0.5) is 11.4 Å². The highest BCUT2D eigenvalue weighted by Gasteiger charge is 2.17. The van der Waals surface area contributed by atoms with Gasteiger partial charge in [-0.3, -0.25) is 4.72 Å². The van der Waals surface area contributed by atoms with E-state index in [2.05, 4.69) is 14.2 Å². The van der Waals surface area contributed by atoms with Gasteiger partial charge in [0.1, 0.15) is 9.75 Å². The third-order valence-corrected chi connectivity index (χ3v) is 5.44. The monoisotopic (exact) mass is 420 g/mol. The molecule has 0 aliphatic rings. The summed E-state index contributed by atoms with van der Waals surface area (Å²) in [6.07, 6.45) is 1.03. The molecule has 0 radical (unpaired) electrons. The molecule has 0 saturated carbocycles. The van der Waals surface area contributed by atoms with Crippen molar-refractivity contribution in [3.8, 4) is 0 Å². The topological polar surface area (TPSA) is 125 Å². The van der Waals surface area contributed by atoms with Crippen molar-refractivity contribution in [3.05, 3.63) is 31.6 Å². The van der Waals surface area contributed by atoms with E-state index in [1.54, 1.807) is 19.1 Å². The summed E-state index contributed by atoms with van der Waals surface area (Å²) < 4.78 is 33.4. The lowest BCUT2D eigenvalue weighted by molar-refractivity contribution is 0.0598. The van der Waals surface area contributed by atoms with Crippen molar-refractivity contribution in [2.45, 2.75) is 13.8 Å². The first-order valence-corrected chi connectivity index (χ1v) is 10.6. The molecule has 2 rings (SSSR count). The zero-order valence-corrected chi connectivity index (χ0v) is 17.4. The van der Waals surface area contributed by atoms with Gasteiger partial charge in [0.05, 0.1) is 31.9 Å². The fraction of sp³-hybridized carbons (Fsp3) is 0.333. The summed E-state index contributed by atoms with van der Waals surface area (Å²) in [5.74, 6) is -0.903. The van der Waals surface area contributed by atoms with E-state index in [4.69, 9.17) is 5.73 Å². The quantitative estimate of drug-likeness (QED) is 0.728. The SMILES string of the molecule is COC(=O)c1sc(C)cc1N.COC(=O)c1sc(C)cc1NS(C)(=O)=O. The Kier molecular flexibility index (Phi) is 7.60. The number of anilines is 2. The van der Waals surface area contributed by atoms with Crippen LogP contribution in [-0.2, 0) is 19.5 Å². The molecule has 0 bridgehead atoms. The van der Waals surface area contributed by atoms with Crippen LogP contribution >= 0.6 is 22.7 Å². The molecular formula is C15H20N2O6S3. The second-order valence-electron chi connectivity index (χ2n) is 5.10.